The Bertz CT molecular complexity index is 271. The minimum atomic E-state index is -1.00. The van der Waals surface area contributed by atoms with Crippen molar-refractivity contribution in [3.05, 3.63) is 0 Å². The van der Waals surface area contributed by atoms with Gasteiger partial charge in [-0.25, -0.2) is 0 Å². The Labute approximate surface area is 63.4 Å². The second-order valence-corrected chi connectivity index (χ2v) is 3.86. The molecule has 0 aromatic carbocycles. The Kier molecular flexibility index (Phi) is 0.708. The molecule has 4 bridgehead atoms. The van der Waals surface area contributed by atoms with E-state index >= 15 is 0 Å². The van der Waals surface area contributed by atoms with E-state index in [1.54, 1.807) is 0 Å². The first-order valence-corrected chi connectivity index (χ1v) is 3.96. The molecule has 58 valence electrons. The minimum Gasteiger partial charge on any atom is -0.550 e. The number of carboxylic acid groups (broad SMARTS) is 1. The molecule has 3 heteroatoms. The summed E-state index contributed by atoms with van der Waals surface area (Å²) in [7, 11) is 0. The highest BCUT2D eigenvalue weighted by atomic mass is 16.4. The predicted molar refractivity (Wildman–Crippen MR) is 32.1 cm³/mol. The third-order valence-corrected chi connectivity index (χ3v) is 3.57. The SMILES string of the molecule is O=C([O-])[C@@H]1[C@H]2[C@H]3C[C@@H]1C(=O)[C@H]32. The van der Waals surface area contributed by atoms with Crippen LogP contribution in [0.15, 0.2) is 0 Å². The van der Waals surface area contributed by atoms with Crippen molar-refractivity contribution in [3.8, 4) is 0 Å². The van der Waals surface area contributed by atoms with Crippen LogP contribution in [-0.4, -0.2) is 11.8 Å². The quantitative estimate of drug-likeness (QED) is 0.474. The smallest absolute Gasteiger partial charge is 0.140 e. The zero-order chi connectivity index (χ0) is 7.75. The van der Waals surface area contributed by atoms with Crippen molar-refractivity contribution in [1.82, 2.24) is 0 Å². The standard InChI is InChI=1S/C8H8O3/c9-7-3-1-2-4(5(2)7)6(3)8(10)11/h2-6H,1H2,(H,10,11)/p-1/t2-,3+,4+,5-,6+/m1/s1. The summed E-state index contributed by atoms with van der Waals surface area (Å²) in [4.78, 5) is 21.8. The van der Waals surface area contributed by atoms with E-state index in [1.807, 2.05) is 0 Å². The van der Waals surface area contributed by atoms with Gasteiger partial charge in [-0.2, -0.15) is 0 Å². The van der Waals surface area contributed by atoms with Crippen LogP contribution in [0.1, 0.15) is 6.42 Å². The van der Waals surface area contributed by atoms with Gasteiger partial charge in [-0.05, 0) is 18.3 Å². The average Bonchev–Trinajstić information content (AvgIpc) is 2.33. The van der Waals surface area contributed by atoms with Crippen LogP contribution >= 0.6 is 0 Å². The van der Waals surface area contributed by atoms with Crippen molar-refractivity contribution < 1.29 is 14.7 Å². The van der Waals surface area contributed by atoms with Crippen LogP contribution in [0.25, 0.3) is 0 Å². The predicted octanol–water partition coefficient (Wildman–Crippen LogP) is -1.18. The number of rotatable bonds is 1. The average molecular weight is 151 g/mol. The van der Waals surface area contributed by atoms with Crippen LogP contribution in [0.2, 0.25) is 0 Å². The minimum absolute atomic E-state index is 0.128. The van der Waals surface area contributed by atoms with Crippen molar-refractivity contribution in [2.24, 2.45) is 29.6 Å². The lowest BCUT2D eigenvalue weighted by Crippen LogP contribution is -2.34. The van der Waals surface area contributed by atoms with Crippen LogP contribution in [-0.2, 0) is 9.59 Å². The summed E-state index contributed by atoms with van der Waals surface area (Å²) in [5, 5.41) is 10.6. The van der Waals surface area contributed by atoms with E-state index in [4.69, 9.17) is 0 Å². The van der Waals surface area contributed by atoms with E-state index in [2.05, 4.69) is 0 Å². The second kappa shape index (κ2) is 1.36. The van der Waals surface area contributed by atoms with Crippen LogP contribution in [0, 0.1) is 29.6 Å². The summed E-state index contributed by atoms with van der Waals surface area (Å²) in [6.45, 7) is 0. The monoisotopic (exact) mass is 151 g/mol. The van der Waals surface area contributed by atoms with Gasteiger partial charge in [0, 0.05) is 23.7 Å². The van der Waals surface area contributed by atoms with Gasteiger partial charge in [0.05, 0.1) is 0 Å². The highest BCUT2D eigenvalue weighted by Crippen LogP contribution is 2.70. The Morgan fingerprint density at radius 1 is 1.55 bits per heavy atom. The van der Waals surface area contributed by atoms with Gasteiger partial charge < -0.3 is 9.90 Å². The number of hydrogen-bond acceptors (Lipinski definition) is 3. The molecule has 4 fully saturated rings. The molecule has 5 atom stereocenters. The fraction of sp³-hybridized carbons (Fsp3) is 0.750. The Morgan fingerprint density at radius 3 is 2.45 bits per heavy atom. The molecule has 0 spiro atoms. The largest absolute Gasteiger partial charge is 0.550 e. The number of carbonyl (C=O) groups is 2. The van der Waals surface area contributed by atoms with Gasteiger partial charge in [0.25, 0.3) is 0 Å². The Balaban J connectivity index is 2.03. The molecule has 0 radical (unpaired) electrons. The van der Waals surface area contributed by atoms with Gasteiger partial charge in [-0.15, -0.1) is 0 Å². The number of Topliss-reactive ketones (excluding diaryl/α,β-unsaturated/α-hetero) is 1. The van der Waals surface area contributed by atoms with Crippen LogP contribution in [0.5, 0.6) is 0 Å². The maximum absolute atomic E-state index is 11.2. The van der Waals surface area contributed by atoms with E-state index in [1.165, 1.54) is 0 Å². The summed E-state index contributed by atoms with van der Waals surface area (Å²) in [5.74, 6) is -0.654. The van der Waals surface area contributed by atoms with Gasteiger partial charge >= 0.3 is 0 Å². The molecular formula is C8H7O3-. The summed E-state index contributed by atoms with van der Waals surface area (Å²) in [5.41, 5.74) is 0. The molecule has 4 rings (SSSR count). The molecule has 0 aromatic rings. The molecule has 4 aliphatic carbocycles. The first-order chi connectivity index (χ1) is 5.22. The molecule has 0 aromatic heterocycles. The summed E-state index contributed by atoms with van der Waals surface area (Å²) in [6.07, 6.45) is 0.826. The molecule has 4 aliphatic rings. The fourth-order valence-electron chi connectivity index (χ4n) is 3.16. The first kappa shape index (κ1) is 5.75. The zero-order valence-electron chi connectivity index (χ0n) is 5.82. The van der Waals surface area contributed by atoms with Gasteiger partial charge in [0.1, 0.15) is 5.78 Å². The molecule has 0 amide bonds. The Hall–Kier alpha value is -0.860. The normalized spacial score (nSPS) is 56.7. The van der Waals surface area contributed by atoms with E-state index < -0.39 is 11.9 Å². The third kappa shape index (κ3) is 0.424. The lowest BCUT2D eigenvalue weighted by atomic mass is 9.98. The molecular weight excluding hydrogens is 144 g/mol. The van der Waals surface area contributed by atoms with E-state index in [0.717, 1.165) is 6.42 Å². The summed E-state index contributed by atoms with van der Waals surface area (Å²) >= 11 is 0. The molecule has 3 nitrogen and oxygen atoms in total. The van der Waals surface area contributed by atoms with Crippen molar-refractivity contribution in [3.63, 3.8) is 0 Å². The van der Waals surface area contributed by atoms with Gasteiger partial charge in [-0.1, -0.05) is 0 Å². The molecule has 4 saturated carbocycles. The van der Waals surface area contributed by atoms with Crippen molar-refractivity contribution >= 4 is 11.8 Å². The number of carbonyl (C=O) groups excluding carboxylic acids is 2. The molecule has 0 heterocycles. The molecule has 0 saturated heterocycles. The van der Waals surface area contributed by atoms with E-state index in [-0.39, 0.29) is 23.5 Å². The van der Waals surface area contributed by atoms with E-state index in [9.17, 15) is 14.7 Å². The summed E-state index contributed by atoms with van der Waals surface area (Å²) < 4.78 is 0. The van der Waals surface area contributed by atoms with Crippen molar-refractivity contribution in [2.75, 3.05) is 0 Å². The first-order valence-electron chi connectivity index (χ1n) is 3.96. The zero-order valence-corrected chi connectivity index (χ0v) is 5.82. The van der Waals surface area contributed by atoms with Crippen LogP contribution in [0.3, 0.4) is 0 Å². The fourth-order valence-corrected chi connectivity index (χ4v) is 3.16. The summed E-state index contributed by atoms with van der Waals surface area (Å²) in [6, 6.07) is 0. The topological polar surface area (TPSA) is 57.2 Å². The maximum atomic E-state index is 11.2. The number of aliphatic carboxylic acids is 1. The molecule has 11 heavy (non-hydrogen) atoms. The molecule has 0 N–H and O–H groups in total. The Morgan fingerprint density at radius 2 is 2.27 bits per heavy atom. The molecule has 0 unspecified atom stereocenters. The van der Waals surface area contributed by atoms with Crippen LogP contribution < -0.4 is 5.11 Å². The number of ketones is 1. The third-order valence-electron chi connectivity index (χ3n) is 3.57. The lowest BCUT2D eigenvalue weighted by Gasteiger charge is -2.13. The highest BCUT2D eigenvalue weighted by Gasteiger charge is 2.73. The maximum Gasteiger partial charge on any atom is 0.140 e. The van der Waals surface area contributed by atoms with E-state index in [0.29, 0.717) is 5.92 Å². The van der Waals surface area contributed by atoms with Crippen molar-refractivity contribution in [2.45, 2.75) is 6.42 Å². The highest BCUT2D eigenvalue weighted by molar-refractivity contribution is 5.97. The number of carboxylic acids is 1. The van der Waals surface area contributed by atoms with Gasteiger partial charge in [0.15, 0.2) is 0 Å². The lowest BCUT2D eigenvalue weighted by molar-refractivity contribution is -0.312. The van der Waals surface area contributed by atoms with Gasteiger partial charge in [0.2, 0.25) is 0 Å². The van der Waals surface area contributed by atoms with Gasteiger partial charge in [-0.3, -0.25) is 4.79 Å². The van der Waals surface area contributed by atoms with Crippen molar-refractivity contribution in [1.29, 1.82) is 0 Å². The number of hydrogen-bond donors (Lipinski definition) is 0. The van der Waals surface area contributed by atoms with Crippen LogP contribution in [0.4, 0.5) is 0 Å². The second-order valence-electron chi connectivity index (χ2n) is 3.86. The molecule has 0 aliphatic heterocycles.